The van der Waals surface area contributed by atoms with Crippen molar-refractivity contribution in [1.29, 1.82) is 0 Å². The molecule has 0 aliphatic carbocycles. The summed E-state index contributed by atoms with van der Waals surface area (Å²) in [4.78, 5) is 31.6. The Kier molecular flexibility index (Phi) is 5.66. The van der Waals surface area contributed by atoms with Crippen molar-refractivity contribution in [2.75, 3.05) is 31.1 Å². The quantitative estimate of drug-likeness (QED) is 0.465. The molecule has 0 bridgehead atoms. The van der Waals surface area contributed by atoms with Crippen molar-refractivity contribution in [1.82, 2.24) is 19.7 Å². The van der Waals surface area contributed by atoms with Crippen LogP contribution in [0.25, 0.3) is 5.69 Å². The predicted molar refractivity (Wildman–Crippen MR) is 117 cm³/mol. The molecule has 0 atom stereocenters. The summed E-state index contributed by atoms with van der Waals surface area (Å²) < 4.78 is 1.84. The molecule has 0 radical (unpaired) electrons. The van der Waals surface area contributed by atoms with Crippen LogP contribution >= 0.6 is 0 Å². The van der Waals surface area contributed by atoms with Gasteiger partial charge in [-0.3, -0.25) is 14.9 Å². The Morgan fingerprint density at radius 1 is 1.06 bits per heavy atom. The van der Waals surface area contributed by atoms with Crippen LogP contribution in [-0.4, -0.2) is 56.7 Å². The van der Waals surface area contributed by atoms with E-state index in [1.54, 1.807) is 12.3 Å². The van der Waals surface area contributed by atoms with Gasteiger partial charge in [0.1, 0.15) is 12.0 Å². The van der Waals surface area contributed by atoms with E-state index >= 15 is 0 Å². The van der Waals surface area contributed by atoms with E-state index in [0.29, 0.717) is 44.0 Å². The van der Waals surface area contributed by atoms with Crippen LogP contribution in [0, 0.1) is 17.0 Å². The molecule has 1 aromatic carbocycles. The lowest BCUT2D eigenvalue weighted by Crippen LogP contribution is -2.49. The molecule has 1 amide bonds. The summed E-state index contributed by atoms with van der Waals surface area (Å²) in [5, 5.41) is 15.3. The Balaban J connectivity index is 1.46. The largest absolute Gasteiger partial charge is 0.353 e. The number of hydrogen-bond acceptors (Lipinski definition) is 6. The highest BCUT2D eigenvalue weighted by atomic mass is 16.6. The zero-order valence-corrected chi connectivity index (χ0v) is 17.6. The van der Waals surface area contributed by atoms with E-state index < -0.39 is 4.92 Å². The van der Waals surface area contributed by atoms with Gasteiger partial charge in [-0.05, 0) is 31.5 Å². The lowest BCUT2D eigenvalue weighted by molar-refractivity contribution is -0.385. The molecule has 0 unspecified atom stereocenters. The number of aryl methyl sites for hydroxylation is 1. The summed E-state index contributed by atoms with van der Waals surface area (Å²) >= 11 is 0. The molecule has 1 aliphatic rings. The van der Waals surface area contributed by atoms with Gasteiger partial charge >= 0.3 is 0 Å². The second-order valence-corrected chi connectivity index (χ2v) is 7.52. The maximum Gasteiger partial charge on any atom is 0.287 e. The van der Waals surface area contributed by atoms with E-state index in [9.17, 15) is 14.9 Å². The van der Waals surface area contributed by atoms with E-state index in [4.69, 9.17) is 0 Å². The molecule has 9 heteroatoms. The van der Waals surface area contributed by atoms with E-state index in [1.165, 1.54) is 17.8 Å². The third kappa shape index (κ3) is 4.11. The predicted octanol–water partition coefficient (Wildman–Crippen LogP) is 3.01. The van der Waals surface area contributed by atoms with Gasteiger partial charge in [-0.2, -0.15) is 5.10 Å². The molecule has 0 N–H and O–H groups in total. The van der Waals surface area contributed by atoms with Crippen LogP contribution < -0.4 is 4.90 Å². The minimum atomic E-state index is -0.463. The number of aromatic nitrogens is 3. The van der Waals surface area contributed by atoms with Gasteiger partial charge in [-0.25, -0.2) is 9.67 Å². The fraction of sp³-hybridized carbons (Fsp3) is 0.318. The second kappa shape index (κ2) is 8.55. The molecule has 1 fully saturated rings. The van der Waals surface area contributed by atoms with Gasteiger partial charge in [0.15, 0.2) is 0 Å². The molecule has 3 heterocycles. The number of carbonyl (C=O) groups excluding carboxylic acids is 1. The number of anilines is 1. The van der Waals surface area contributed by atoms with Crippen molar-refractivity contribution >= 4 is 17.4 Å². The van der Waals surface area contributed by atoms with Gasteiger partial charge in [0, 0.05) is 32.2 Å². The summed E-state index contributed by atoms with van der Waals surface area (Å²) in [7, 11) is 0. The van der Waals surface area contributed by atoms with Crippen LogP contribution in [-0.2, 0) is 6.42 Å². The molecular formula is C22H24N6O3. The first-order valence-electron chi connectivity index (χ1n) is 10.3. The molecule has 31 heavy (non-hydrogen) atoms. The van der Waals surface area contributed by atoms with Crippen molar-refractivity contribution in [3.8, 4) is 5.69 Å². The molecule has 1 saturated heterocycles. The van der Waals surface area contributed by atoms with Crippen LogP contribution in [0.5, 0.6) is 0 Å². The number of amides is 1. The average Bonchev–Trinajstić information content (AvgIpc) is 3.23. The van der Waals surface area contributed by atoms with Crippen LogP contribution in [0.3, 0.4) is 0 Å². The molecule has 0 spiro atoms. The number of nitro groups is 1. The summed E-state index contributed by atoms with van der Waals surface area (Å²) in [6.07, 6.45) is 3.62. The molecule has 4 rings (SSSR count). The van der Waals surface area contributed by atoms with Crippen molar-refractivity contribution in [2.45, 2.75) is 20.3 Å². The highest BCUT2D eigenvalue weighted by Gasteiger charge is 2.26. The van der Waals surface area contributed by atoms with Crippen LogP contribution in [0.4, 0.5) is 11.5 Å². The smallest absolute Gasteiger partial charge is 0.287 e. The van der Waals surface area contributed by atoms with E-state index in [-0.39, 0.29) is 11.6 Å². The summed E-state index contributed by atoms with van der Waals surface area (Å²) in [5.74, 6) is 0.658. The maximum atomic E-state index is 13.2. The fourth-order valence-corrected chi connectivity index (χ4v) is 3.78. The number of benzene rings is 1. The highest BCUT2D eigenvalue weighted by Crippen LogP contribution is 2.21. The van der Waals surface area contributed by atoms with Gasteiger partial charge < -0.3 is 9.80 Å². The van der Waals surface area contributed by atoms with Crippen molar-refractivity contribution in [3.05, 3.63) is 75.7 Å². The molecule has 1 aliphatic heterocycles. The fourth-order valence-electron chi connectivity index (χ4n) is 3.78. The Morgan fingerprint density at radius 3 is 2.35 bits per heavy atom. The van der Waals surface area contributed by atoms with Crippen LogP contribution in [0.2, 0.25) is 0 Å². The minimum absolute atomic E-state index is 0.0217. The van der Waals surface area contributed by atoms with E-state index in [2.05, 4.69) is 10.1 Å². The van der Waals surface area contributed by atoms with Gasteiger partial charge in [-0.1, -0.05) is 24.6 Å². The first-order chi connectivity index (χ1) is 15.0. The topological polar surface area (TPSA) is 97.4 Å². The van der Waals surface area contributed by atoms with Gasteiger partial charge in [0.2, 0.25) is 0 Å². The lowest BCUT2D eigenvalue weighted by Gasteiger charge is -2.35. The molecule has 160 valence electrons. The van der Waals surface area contributed by atoms with Gasteiger partial charge in [0.05, 0.1) is 28.1 Å². The normalized spacial score (nSPS) is 14.0. The molecule has 0 saturated carbocycles. The van der Waals surface area contributed by atoms with E-state index in [0.717, 1.165) is 11.4 Å². The molecule has 2 aromatic heterocycles. The lowest BCUT2D eigenvalue weighted by atomic mass is 10.1. The van der Waals surface area contributed by atoms with Crippen LogP contribution in [0.15, 0.2) is 48.8 Å². The average molecular weight is 420 g/mol. The Bertz CT molecular complexity index is 1080. The van der Waals surface area contributed by atoms with Crippen molar-refractivity contribution < 1.29 is 9.72 Å². The SMILES string of the molecule is CCc1c(C(=O)N2CCN(c3ccc([N+](=O)[O-])cn3)CC2)cnn1-c1ccc(C)cc1. The first kappa shape index (κ1) is 20.5. The van der Waals surface area contributed by atoms with Gasteiger partial charge in [0.25, 0.3) is 11.6 Å². The standard InChI is InChI=1S/C22H24N6O3/c1-3-20-19(15-24-27(20)17-6-4-16(2)5-7-17)22(29)26-12-10-25(11-13-26)21-9-8-18(14-23-21)28(30)31/h4-9,14-15H,3,10-13H2,1-2H3. The molecule has 9 nitrogen and oxygen atoms in total. The number of rotatable bonds is 5. The maximum absolute atomic E-state index is 13.2. The number of carbonyl (C=O) groups is 1. The summed E-state index contributed by atoms with van der Waals surface area (Å²) in [5.41, 5.74) is 3.61. The van der Waals surface area contributed by atoms with Crippen LogP contribution in [0.1, 0.15) is 28.5 Å². The summed E-state index contributed by atoms with van der Waals surface area (Å²) in [6.45, 7) is 6.39. The first-order valence-corrected chi connectivity index (χ1v) is 10.3. The zero-order valence-electron chi connectivity index (χ0n) is 17.6. The number of piperazine rings is 1. The van der Waals surface area contributed by atoms with Crippen molar-refractivity contribution in [2.24, 2.45) is 0 Å². The highest BCUT2D eigenvalue weighted by molar-refractivity contribution is 5.95. The zero-order chi connectivity index (χ0) is 22.0. The Labute approximate surface area is 180 Å². The third-order valence-corrected chi connectivity index (χ3v) is 5.55. The monoisotopic (exact) mass is 420 g/mol. The number of pyridine rings is 1. The Morgan fingerprint density at radius 2 is 1.77 bits per heavy atom. The minimum Gasteiger partial charge on any atom is -0.353 e. The molecular weight excluding hydrogens is 396 g/mol. The number of hydrogen-bond donors (Lipinski definition) is 0. The van der Waals surface area contributed by atoms with Gasteiger partial charge in [-0.15, -0.1) is 0 Å². The Hall–Kier alpha value is -3.75. The van der Waals surface area contributed by atoms with Crippen molar-refractivity contribution in [3.63, 3.8) is 0 Å². The number of nitrogens with zero attached hydrogens (tertiary/aromatic N) is 6. The van der Waals surface area contributed by atoms with E-state index in [1.807, 2.05) is 52.6 Å². The second-order valence-electron chi connectivity index (χ2n) is 7.52. The summed E-state index contributed by atoms with van der Waals surface area (Å²) in [6, 6.07) is 11.2. The third-order valence-electron chi connectivity index (χ3n) is 5.55. The molecule has 3 aromatic rings.